The van der Waals surface area contributed by atoms with Gasteiger partial charge in [0, 0.05) is 53.7 Å². The van der Waals surface area contributed by atoms with Crippen molar-refractivity contribution in [2.24, 2.45) is 0 Å². The number of benzene rings is 7. The number of hydrogen-bond acceptors (Lipinski definition) is 2. The Morgan fingerprint density at radius 3 is 1.62 bits per heavy atom. The molecule has 0 aliphatic rings. The fourth-order valence-corrected chi connectivity index (χ4v) is 7.98. The normalized spacial score (nSPS) is 11.6. The van der Waals surface area contributed by atoms with Gasteiger partial charge in [-0.1, -0.05) is 103 Å². The van der Waals surface area contributed by atoms with Crippen LogP contribution in [0.2, 0.25) is 0 Å². The number of para-hydroxylation sites is 3. The minimum atomic E-state index is 1.12. The Morgan fingerprint density at radius 1 is 0.400 bits per heavy atom. The lowest BCUT2D eigenvalue weighted by Crippen LogP contribution is -2.10. The van der Waals surface area contributed by atoms with Crippen molar-refractivity contribution in [3.63, 3.8) is 0 Å². The molecule has 0 unspecified atom stereocenters. The van der Waals surface area contributed by atoms with Crippen molar-refractivity contribution in [2.45, 2.75) is 0 Å². The maximum atomic E-state index is 2.37. The van der Waals surface area contributed by atoms with E-state index >= 15 is 0 Å². The number of aromatic nitrogens is 1. The van der Waals surface area contributed by atoms with Crippen LogP contribution in [0.4, 0.5) is 17.1 Å². The van der Waals surface area contributed by atoms with Crippen LogP contribution in [-0.2, 0) is 0 Å². The Kier molecular flexibility index (Phi) is 6.03. The van der Waals surface area contributed by atoms with E-state index in [0.29, 0.717) is 0 Å². The molecule has 0 saturated heterocycles. The Balaban J connectivity index is 1.13. The predicted molar refractivity (Wildman–Crippen MR) is 194 cm³/mol. The summed E-state index contributed by atoms with van der Waals surface area (Å²) in [5.41, 5.74) is 9.46. The average Bonchev–Trinajstić information content (AvgIpc) is 3.66. The zero-order valence-corrected chi connectivity index (χ0v) is 25.3. The van der Waals surface area contributed by atoms with Crippen LogP contribution in [0.5, 0.6) is 0 Å². The molecule has 7 aromatic carbocycles. The van der Waals surface area contributed by atoms with Crippen LogP contribution in [0.3, 0.4) is 0 Å². The molecule has 0 radical (unpaired) electrons. The van der Waals surface area contributed by atoms with E-state index in [1.165, 1.54) is 53.1 Å². The first-order chi connectivity index (χ1) is 22.3. The molecule has 45 heavy (non-hydrogen) atoms. The monoisotopic (exact) mass is 592 g/mol. The average molecular weight is 593 g/mol. The van der Waals surface area contributed by atoms with Gasteiger partial charge in [-0.3, -0.25) is 0 Å². The third-order valence-electron chi connectivity index (χ3n) is 8.80. The third-order valence-corrected chi connectivity index (χ3v) is 10.0. The molecule has 2 heterocycles. The quantitative estimate of drug-likeness (QED) is 0.193. The first kappa shape index (κ1) is 25.8. The molecule has 0 bridgehead atoms. The molecule has 212 valence electrons. The second-order valence-electron chi connectivity index (χ2n) is 11.4. The molecule has 2 nitrogen and oxygen atoms in total. The SMILES string of the molecule is c1ccc(N(c2ccc(-c3cccc4c3sc3ccccc34)cc2)c2ccc(-n3c4ccccc4c4ccccc43)cc2)cc1. The summed E-state index contributed by atoms with van der Waals surface area (Å²) in [6.07, 6.45) is 0. The van der Waals surface area contributed by atoms with E-state index in [-0.39, 0.29) is 0 Å². The minimum Gasteiger partial charge on any atom is -0.311 e. The Bertz CT molecular complexity index is 2420. The predicted octanol–water partition coefficient (Wildman–Crippen LogP) is 12.3. The van der Waals surface area contributed by atoms with E-state index in [0.717, 1.165) is 22.7 Å². The largest absolute Gasteiger partial charge is 0.311 e. The molecular formula is C42H28N2S. The van der Waals surface area contributed by atoms with Gasteiger partial charge < -0.3 is 9.47 Å². The zero-order valence-electron chi connectivity index (χ0n) is 24.5. The summed E-state index contributed by atoms with van der Waals surface area (Å²) in [4.78, 5) is 2.33. The molecule has 0 fully saturated rings. The van der Waals surface area contributed by atoms with Gasteiger partial charge in [-0.25, -0.2) is 0 Å². The lowest BCUT2D eigenvalue weighted by Gasteiger charge is -2.26. The van der Waals surface area contributed by atoms with E-state index < -0.39 is 0 Å². The molecule has 3 heteroatoms. The summed E-state index contributed by atoms with van der Waals surface area (Å²) in [6.45, 7) is 0. The summed E-state index contributed by atoms with van der Waals surface area (Å²) in [7, 11) is 0. The second-order valence-corrected chi connectivity index (χ2v) is 12.4. The van der Waals surface area contributed by atoms with E-state index in [1.807, 2.05) is 11.3 Å². The van der Waals surface area contributed by atoms with Crippen molar-refractivity contribution in [3.8, 4) is 16.8 Å². The molecule has 0 aliphatic carbocycles. The van der Waals surface area contributed by atoms with Gasteiger partial charge in [-0.2, -0.15) is 0 Å². The number of anilines is 3. The minimum absolute atomic E-state index is 1.12. The van der Waals surface area contributed by atoms with Crippen molar-refractivity contribution in [2.75, 3.05) is 4.90 Å². The highest BCUT2D eigenvalue weighted by Crippen LogP contribution is 2.41. The van der Waals surface area contributed by atoms with Gasteiger partial charge in [0.1, 0.15) is 0 Å². The maximum Gasteiger partial charge on any atom is 0.0541 e. The van der Waals surface area contributed by atoms with Gasteiger partial charge in [0.25, 0.3) is 0 Å². The topological polar surface area (TPSA) is 8.17 Å². The second kappa shape index (κ2) is 10.5. The molecule has 9 rings (SSSR count). The molecule has 0 aliphatic heterocycles. The third kappa shape index (κ3) is 4.24. The number of nitrogens with zero attached hydrogens (tertiary/aromatic N) is 2. The van der Waals surface area contributed by atoms with Crippen LogP contribution in [-0.4, -0.2) is 4.57 Å². The van der Waals surface area contributed by atoms with Gasteiger partial charge in [0.15, 0.2) is 0 Å². The fourth-order valence-electron chi connectivity index (χ4n) is 6.74. The summed E-state index contributed by atoms with van der Waals surface area (Å²) < 4.78 is 5.04. The van der Waals surface area contributed by atoms with Gasteiger partial charge >= 0.3 is 0 Å². The number of fused-ring (bicyclic) bond motifs is 6. The molecular weight excluding hydrogens is 565 g/mol. The lowest BCUT2D eigenvalue weighted by molar-refractivity contribution is 1.17. The molecule has 0 atom stereocenters. The van der Waals surface area contributed by atoms with Crippen molar-refractivity contribution >= 4 is 70.4 Å². The summed E-state index contributed by atoms with van der Waals surface area (Å²) >= 11 is 1.88. The molecule has 2 aromatic heterocycles. The smallest absolute Gasteiger partial charge is 0.0541 e. The van der Waals surface area contributed by atoms with Crippen LogP contribution in [0.1, 0.15) is 0 Å². The van der Waals surface area contributed by atoms with Crippen molar-refractivity contribution in [3.05, 3.63) is 170 Å². The van der Waals surface area contributed by atoms with E-state index in [4.69, 9.17) is 0 Å². The van der Waals surface area contributed by atoms with Crippen LogP contribution in [0.15, 0.2) is 170 Å². The van der Waals surface area contributed by atoms with Crippen LogP contribution < -0.4 is 4.90 Å². The van der Waals surface area contributed by atoms with Crippen LogP contribution >= 0.6 is 11.3 Å². The first-order valence-corrected chi connectivity index (χ1v) is 16.1. The Hall–Kier alpha value is -5.64. The Morgan fingerprint density at radius 2 is 0.933 bits per heavy atom. The molecule has 9 aromatic rings. The summed E-state index contributed by atoms with van der Waals surface area (Å²) in [5, 5.41) is 5.20. The highest BCUT2D eigenvalue weighted by molar-refractivity contribution is 7.26. The van der Waals surface area contributed by atoms with Crippen molar-refractivity contribution in [1.29, 1.82) is 0 Å². The van der Waals surface area contributed by atoms with E-state index in [1.54, 1.807) is 0 Å². The Labute approximate surface area is 265 Å². The van der Waals surface area contributed by atoms with Gasteiger partial charge in [0.05, 0.1) is 11.0 Å². The molecule has 0 spiro atoms. The number of thiophene rings is 1. The molecule has 0 saturated carbocycles. The molecule has 0 amide bonds. The lowest BCUT2D eigenvalue weighted by atomic mass is 10.0. The van der Waals surface area contributed by atoms with Gasteiger partial charge in [-0.15, -0.1) is 11.3 Å². The highest BCUT2D eigenvalue weighted by atomic mass is 32.1. The standard InChI is InChI=1S/C42H28N2S/c1-2-11-30(12-3-1)43(31-23-21-29(22-24-31)34-16-10-17-38-37-15-6-9-20-41(37)45-42(34)38)32-25-27-33(28-26-32)44-39-18-7-4-13-35(39)36-14-5-8-19-40(36)44/h1-28H. The van der Waals surface area contributed by atoms with Crippen molar-refractivity contribution < 1.29 is 0 Å². The van der Waals surface area contributed by atoms with E-state index in [9.17, 15) is 0 Å². The number of hydrogen-bond donors (Lipinski definition) is 0. The van der Waals surface area contributed by atoms with Gasteiger partial charge in [0.2, 0.25) is 0 Å². The summed E-state index contributed by atoms with van der Waals surface area (Å²) in [5.74, 6) is 0. The molecule has 0 N–H and O–H groups in total. The zero-order chi connectivity index (χ0) is 29.7. The van der Waals surface area contributed by atoms with E-state index in [2.05, 4.69) is 179 Å². The summed E-state index contributed by atoms with van der Waals surface area (Å²) in [6, 6.07) is 61.3. The highest BCUT2D eigenvalue weighted by Gasteiger charge is 2.16. The van der Waals surface area contributed by atoms with Crippen molar-refractivity contribution in [1.82, 2.24) is 4.57 Å². The first-order valence-electron chi connectivity index (χ1n) is 15.3. The van der Waals surface area contributed by atoms with Crippen LogP contribution in [0, 0.1) is 0 Å². The fraction of sp³-hybridized carbons (Fsp3) is 0. The number of rotatable bonds is 5. The maximum absolute atomic E-state index is 2.37. The van der Waals surface area contributed by atoms with Gasteiger partial charge in [-0.05, 0) is 77.9 Å². The van der Waals surface area contributed by atoms with Crippen LogP contribution in [0.25, 0.3) is 58.8 Å².